The molecule has 3 rings (SSSR count). The number of hydrogen-bond acceptors (Lipinski definition) is 0. The van der Waals surface area contributed by atoms with Crippen molar-refractivity contribution >= 4 is 5.57 Å². The van der Waals surface area contributed by atoms with Crippen molar-refractivity contribution < 1.29 is 0 Å². The highest BCUT2D eigenvalue weighted by Gasteiger charge is 2.20. The van der Waals surface area contributed by atoms with Gasteiger partial charge in [-0.25, -0.2) is 0 Å². The Kier molecular flexibility index (Phi) is 3.08. The molecule has 0 nitrogen and oxygen atoms in total. The van der Waals surface area contributed by atoms with Crippen LogP contribution in [0.2, 0.25) is 0 Å². The zero-order chi connectivity index (χ0) is 13.2. The van der Waals surface area contributed by atoms with Gasteiger partial charge in [0.05, 0.1) is 0 Å². The zero-order valence-corrected chi connectivity index (χ0v) is 11.3. The number of rotatable bonds is 3. The predicted molar refractivity (Wildman–Crippen MR) is 83.1 cm³/mol. The molecule has 0 fully saturated rings. The van der Waals surface area contributed by atoms with Gasteiger partial charge in [-0.2, -0.15) is 0 Å². The van der Waals surface area contributed by atoms with E-state index in [9.17, 15) is 0 Å². The molecular weight excluding hydrogens is 228 g/mol. The van der Waals surface area contributed by atoms with Crippen molar-refractivity contribution in [3.8, 4) is 11.1 Å². The van der Waals surface area contributed by atoms with Crippen LogP contribution >= 0.6 is 0 Å². The number of fused-ring (bicyclic) bond motifs is 3. The van der Waals surface area contributed by atoms with Crippen LogP contribution in [0.1, 0.15) is 30.0 Å². The summed E-state index contributed by atoms with van der Waals surface area (Å²) in [5, 5.41) is 0. The Bertz CT molecular complexity index is 659. The summed E-state index contributed by atoms with van der Waals surface area (Å²) in [4.78, 5) is 0. The Morgan fingerprint density at radius 2 is 1.89 bits per heavy atom. The normalized spacial score (nSPS) is 12.5. The average Bonchev–Trinajstić information content (AvgIpc) is 2.83. The maximum atomic E-state index is 4.25. The second-order valence-corrected chi connectivity index (χ2v) is 5.04. The number of hydrogen-bond donors (Lipinski definition) is 0. The monoisotopic (exact) mass is 246 g/mol. The molecule has 0 bridgehead atoms. The summed E-state index contributed by atoms with van der Waals surface area (Å²) in [6.07, 6.45) is 6.23. The standard InChI is InChI=1S/C19H18/c1-3-4-8-14(2)16-11-7-12-18-17-10-6-5-9-15(17)13-19(16)18/h3-7,9-12H,2,8,13H2,1H3. The minimum absolute atomic E-state index is 0.934. The molecule has 0 atom stereocenters. The van der Waals surface area contributed by atoms with Gasteiger partial charge < -0.3 is 0 Å². The molecule has 1 aliphatic carbocycles. The van der Waals surface area contributed by atoms with Crippen molar-refractivity contribution in [1.29, 1.82) is 0 Å². The van der Waals surface area contributed by atoms with Crippen LogP contribution in [0, 0.1) is 0 Å². The van der Waals surface area contributed by atoms with E-state index < -0.39 is 0 Å². The topological polar surface area (TPSA) is 0 Å². The second-order valence-electron chi connectivity index (χ2n) is 5.04. The first-order valence-corrected chi connectivity index (χ1v) is 6.80. The molecule has 0 unspecified atom stereocenters. The molecule has 0 aliphatic heterocycles. The van der Waals surface area contributed by atoms with Crippen molar-refractivity contribution in [2.45, 2.75) is 19.8 Å². The van der Waals surface area contributed by atoms with E-state index in [2.05, 4.69) is 68.1 Å². The van der Waals surface area contributed by atoms with Gasteiger partial charge >= 0.3 is 0 Å². The van der Waals surface area contributed by atoms with E-state index >= 15 is 0 Å². The number of benzene rings is 2. The minimum Gasteiger partial charge on any atom is -0.0949 e. The van der Waals surface area contributed by atoms with Gasteiger partial charge in [-0.3, -0.25) is 0 Å². The summed E-state index contributed by atoms with van der Waals surface area (Å²) in [7, 11) is 0. The Labute approximate surface area is 115 Å². The molecule has 0 saturated heterocycles. The van der Waals surface area contributed by atoms with Crippen molar-refractivity contribution in [2.24, 2.45) is 0 Å². The summed E-state index contributed by atoms with van der Waals surface area (Å²) < 4.78 is 0. The lowest BCUT2D eigenvalue weighted by molar-refractivity contribution is 1.23. The Balaban J connectivity index is 2.06. The SMILES string of the molecule is C=C(CC=CC)c1cccc2c1Cc1ccccc1-2. The van der Waals surface area contributed by atoms with Crippen LogP contribution in [0.5, 0.6) is 0 Å². The van der Waals surface area contributed by atoms with Crippen LogP contribution in [0.15, 0.2) is 61.2 Å². The van der Waals surface area contributed by atoms with Crippen molar-refractivity contribution in [2.75, 3.05) is 0 Å². The summed E-state index contributed by atoms with van der Waals surface area (Å²) in [6.45, 7) is 6.31. The lowest BCUT2D eigenvalue weighted by atomic mass is 9.95. The van der Waals surface area contributed by atoms with Crippen LogP contribution in [0.25, 0.3) is 16.7 Å². The van der Waals surface area contributed by atoms with Gasteiger partial charge in [0, 0.05) is 0 Å². The third kappa shape index (κ3) is 2.04. The second kappa shape index (κ2) is 4.89. The van der Waals surface area contributed by atoms with E-state index in [1.807, 2.05) is 0 Å². The molecule has 2 aromatic rings. The van der Waals surface area contributed by atoms with Gasteiger partial charge in [0.2, 0.25) is 0 Å². The summed E-state index contributed by atoms with van der Waals surface area (Å²) in [5.74, 6) is 0. The molecule has 0 saturated carbocycles. The first-order valence-electron chi connectivity index (χ1n) is 6.80. The lowest BCUT2D eigenvalue weighted by Gasteiger charge is -2.10. The van der Waals surface area contributed by atoms with Gasteiger partial charge in [-0.05, 0) is 53.2 Å². The van der Waals surface area contributed by atoms with Crippen molar-refractivity contribution in [3.05, 3.63) is 77.9 Å². The van der Waals surface area contributed by atoms with Crippen molar-refractivity contribution in [3.63, 3.8) is 0 Å². The van der Waals surface area contributed by atoms with Crippen LogP contribution in [0.4, 0.5) is 0 Å². The Morgan fingerprint density at radius 3 is 2.74 bits per heavy atom. The third-order valence-corrected chi connectivity index (χ3v) is 3.83. The maximum absolute atomic E-state index is 4.25. The highest BCUT2D eigenvalue weighted by atomic mass is 14.2. The molecule has 1 aliphatic rings. The molecular formula is C19H18. The van der Waals surface area contributed by atoms with E-state index in [1.165, 1.54) is 33.4 Å². The highest BCUT2D eigenvalue weighted by molar-refractivity contribution is 5.83. The molecule has 0 heteroatoms. The molecule has 0 spiro atoms. The quantitative estimate of drug-likeness (QED) is 0.554. The molecule has 0 heterocycles. The summed E-state index contributed by atoms with van der Waals surface area (Å²) in [6, 6.07) is 15.3. The van der Waals surface area contributed by atoms with E-state index in [-0.39, 0.29) is 0 Å². The first-order chi connectivity index (χ1) is 9.31. The summed E-state index contributed by atoms with van der Waals surface area (Å²) >= 11 is 0. The minimum atomic E-state index is 0.934. The fourth-order valence-corrected chi connectivity index (χ4v) is 2.86. The Hall–Kier alpha value is -2.08. The van der Waals surface area contributed by atoms with Gasteiger partial charge in [0.15, 0.2) is 0 Å². The Morgan fingerprint density at radius 1 is 1.11 bits per heavy atom. The maximum Gasteiger partial charge on any atom is -0.000740 e. The molecule has 94 valence electrons. The van der Waals surface area contributed by atoms with Crippen LogP contribution in [-0.4, -0.2) is 0 Å². The van der Waals surface area contributed by atoms with Gasteiger partial charge in [0.25, 0.3) is 0 Å². The molecule has 2 aromatic carbocycles. The lowest BCUT2D eigenvalue weighted by Crippen LogP contribution is -1.91. The van der Waals surface area contributed by atoms with Crippen LogP contribution in [0.3, 0.4) is 0 Å². The molecule has 0 radical (unpaired) electrons. The average molecular weight is 246 g/mol. The van der Waals surface area contributed by atoms with Gasteiger partial charge in [-0.1, -0.05) is 61.2 Å². The van der Waals surface area contributed by atoms with Crippen LogP contribution in [-0.2, 0) is 6.42 Å². The van der Waals surface area contributed by atoms with Gasteiger partial charge in [0.1, 0.15) is 0 Å². The first kappa shape index (κ1) is 12.0. The van der Waals surface area contributed by atoms with E-state index in [0.29, 0.717) is 0 Å². The molecule has 0 N–H and O–H groups in total. The molecule has 19 heavy (non-hydrogen) atoms. The number of allylic oxidation sites excluding steroid dienone is 3. The fraction of sp³-hybridized carbons (Fsp3) is 0.158. The van der Waals surface area contributed by atoms with E-state index in [1.54, 1.807) is 0 Å². The third-order valence-electron chi connectivity index (χ3n) is 3.83. The fourth-order valence-electron chi connectivity index (χ4n) is 2.86. The van der Waals surface area contributed by atoms with Crippen LogP contribution < -0.4 is 0 Å². The highest BCUT2D eigenvalue weighted by Crippen LogP contribution is 2.40. The molecule has 0 amide bonds. The van der Waals surface area contributed by atoms with E-state index in [0.717, 1.165) is 12.8 Å². The zero-order valence-electron chi connectivity index (χ0n) is 11.3. The molecule has 0 aromatic heterocycles. The van der Waals surface area contributed by atoms with Crippen molar-refractivity contribution in [1.82, 2.24) is 0 Å². The van der Waals surface area contributed by atoms with E-state index in [4.69, 9.17) is 0 Å². The van der Waals surface area contributed by atoms with Gasteiger partial charge in [-0.15, -0.1) is 0 Å². The largest absolute Gasteiger partial charge is 0.0949 e. The smallest absolute Gasteiger partial charge is 0.000740 e. The predicted octanol–water partition coefficient (Wildman–Crippen LogP) is 5.24. The summed E-state index contributed by atoms with van der Waals surface area (Å²) in [5.41, 5.74) is 8.18.